The first-order valence-electron chi connectivity index (χ1n) is 8.33. The van der Waals surface area contributed by atoms with Gasteiger partial charge in [-0.3, -0.25) is 19.7 Å². The molecule has 1 aromatic heterocycles. The highest BCUT2D eigenvalue weighted by atomic mass is 32.2. The maximum Gasteiger partial charge on any atom is 0.290 e. The number of benzene rings is 1. The van der Waals surface area contributed by atoms with Crippen molar-refractivity contribution in [3.63, 3.8) is 0 Å². The van der Waals surface area contributed by atoms with Gasteiger partial charge in [0, 0.05) is 30.1 Å². The van der Waals surface area contributed by atoms with Crippen LogP contribution in [0.5, 0.6) is 0 Å². The van der Waals surface area contributed by atoms with Gasteiger partial charge in [0.2, 0.25) is 5.91 Å². The van der Waals surface area contributed by atoms with E-state index in [1.54, 1.807) is 30.6 Å². The molecule has 0 unspecified atom stereocenters. The number of thioether (sulfide) groups is 1. The third kappa shape index (κ3) is 3.30. The van der Waals surface area contributed by atoms with Crippen molar-refractivity contribution in [2.45, 2.75) is 12.8 Å². The van der Waals surface area contributed by atoms with Crippen LogP contribution in [0.3, 0.4) is 0 Å². The number of hydrogen-bond donors (Lipinski definition) is 1. The van der Waals surface area contributed by atoms with Crippen LogP contribution < -0.4 is 5.32 Å². The molecule has 2 aliphatic heterocycles. The number of carbonyl (C=O) groups excluding carboxylic acids is 3. The summed E-state index contributed by atoms with van der Waals surface area (Å²) in [5, 5.41) is 2.72. The van der Waals surface area contributed by atoms with Gasteiger partial charge < -0.3 is 9.32 Å². The second-order valence-electron chi connectivity index (χ2n) is 6.16. The van der Waals surface area contributed by atoms with Gasteiger partial charge in [-0.15, -0.1) is 0 Å². The third-order valence-corrected chi connectivity index (χ3v) is 5.20. The van der Waals surface area contributed by atoms with Crippen LogP contribution in [0.2, 0.25) is 0 Å². The van der Waals surface area contributed by atoms with Crippen molar-refractivity contribution in [2.24, 2.45) is 0 Å². The SMILES string of the molecule is O=C1NC(=O)C(=Cc2ccc3occ(C=CC(=O)N4CCCC4)c3c2)S1. The van der Waals surface area contributed by atoms with Crippen molar-refractivity contribution in [1.29, 1.82) is 0 Å². The van der Waals surface area contributed by atoms with Gasteiger partial charge in [0.15, 0.2) is 0 Å². The fourth-order valence-corrected chi connectivity index (χ4v) is 3.74. The summed E-state index contributed by atoms with van der Waals surface area (Å²) in [5.41, 5.74) is 2.28. The lowest BCUT2D eigenvalue weighted by molar-refractivity contribution is -0.125. The van der Waals surface area contributed by atoms with Crippen LogP contribution in [0.4, 0.5) is 4.79 Å². The fourth-order valence-electron chi connectivity index (χ4n) is 3.06. The van der Waals surface area contributed by atoms with Gasteiger partial charge in [-0.05, 0) is 54.5 Å². The number of nitrogens with one attached hydrogen (secondary N) is 1. The van der Waals surface area contributed by atoms with Crippen molar-refractivity contribution in [3.8, 4) is 0 Å². The predicted molar refractivity (Wildman–Crippen MR) is 100 cm³/mol. The minimum absolute atomic E-state index is 0.00709. The Labute approximate surface area is 153 Å². The summed E-state index contributed by atoms with van der Waals surface area (Å²) < 4.78 is 5.53. The molecule has 0 radical (unpaired) electrons. The molecule has 26 heavy (non-hydrogen) atoms. The lowest BCUT2D eigenvalue weighted by atomic mass is 10.1. The molecule has 132 valence electrons. The van der Waals surface area contributed by atoms with Crippen LogP contribution in [0.1, 0.15) is 24.0 Å². The zero-order chi connectivity index (χ0) is 18.1. The second-order valence-corrected chi connectivity index (χ2v) is 7.18. The molecule has 4 rings (SSSR count). The zero-order valence-electron chi connectivity index (χ0n) is 13.9. The van der Waals surface area contributed by atoms with Gasteiger partial charge in [-0.2, -0.15) is 0 Å². The molecule has 2 aromatic rings. The Balaban J connectivity index is 1.60. The van der Waals surface area contributed by atoms with E-state index >= 15 is 0 Å². The number of rotatable bonds is 3. The van der Waals surface area contributed by atoms with E-state index < -0.39 is 0 Å². The molecule has 7 heteroatoms. The van der Waals surface area contributed by atoms with Gasteiger partial charge in [-0.25, -0.2) is 0 Å². The number of carbonyl (C=O) groups is 3. The van der Waals surface area contributed by atoms with E-state index in [0.29, 0.717) is 10.5 Å². The number of imide groups is 1. The van der Waals surface area contributed by atoms with Crippen LogP contribution in [0.15, 0.2) is 39.9 Å². The van der Waals surface area contributed by atoms with Crippen molar-refractivity contribution >= 4 is 51.9 Å². The molecule has 0 spiro atoms. The van der Waals surface area contributed by atoms with Crippen LogP contribution in [-0.4, -0.2) is 35.0 Å². The first-order chi connectivity index (χ1) is 12.6. The Morgan fingerprint density at radius 3 is 2.77 bits per heavy atom. The molecule has 2 aliphatic rings. The van der Waals surface area contributed by atoms with E-state index in [1.165, 1.54) is 0 Å². The Hall–Kier alpha value is -2.80. The molecule has 0 bridgehead atoms. The standard InChI is InChI=1S/C19H16N2O4S/c22-17(21-7-1-2-8-21)6-4-13-11-25-15-5-3-12(9-14(13)15)10-16-18(23)20-19(24)26-16/h3-6,9-11H,1-2,7-8H2,(H,20,23,24). The maximum absolute atomic E-state index is 12.2. The maximum atomic E-state index is 12.2. The average Bonchev–Trinajstić information content (AvgIpc) is 3.34. The minimum Gasteiger partial charge on any atom is -0.464 e. The average molecular weight is 368 g/mol. The van der Waals surface area contributed by atoms with E-state index in [2.05, 4.69) is 5.32 Å². The summed E-state index contributed by atoms with van der Waals surface area (Å²) in [5.74, 6) is -0.378. The monoisotopic (exact) mass is 368 g/mol. The van der Waals surface area contributed by atoms with E-state index in [4.69, 9.17) is 4.42 Å². The summed E-state index contributed by atoms with van der Waals surface area (Å²) in [6.45, 7) is 1.62. The van der Waals surface area contributed by atoms with Gasteiger partial charge in [0.05, 0.1) is 11.2 Å². The molecule has 0 atom stereocenters. The third-order valence-electron chi connectivity index (χ3n) is 4.39. The molecule has 0 saturated carbocycles. The Morgan fingerprint density at radius 1 is 1.23 bits per heavy atom. The highest BCUT2D eigenvalue weighted by Crippen LogP contribution is 2.28. The summed E-state index contributed by atoms with van der Waals surface area (Å²) in [4.78, 5) is 37.3. The van der Waals surface area contributed by atoms with E-state index in [1.807, 2.05) is 17.0 Å². The molecule has 6 nitrogen and oxygen atoms in total. The van der Waals surface area contributed by atoms with Gasteiger partial charge >= 0.3 is 0 Å². The number of nitrogens with zero attached hydrogens (tertiary/aromatic N) is 1. The number of hydrogen-bond acceptors (Lipinski definition) is 5. The molecular formula is C19H16N2O4S. The van der Waals surface area contributed by atoms with Crippen LogP contribution in [-0.2, 0) is 9.59 Å². The van der Waals surface area contributed by atoms with Crippen LogP contribution in [0, 0.1) is 0 Å². The molecule has 1 aromatic carbocycles. The highest BCUT2D eigenvalue weighted by Gasteiger charge is 2.25. The number of furan rings is 1. The van der Waals surface area contributed by atoms with Gasteiger partial charge in [0.25, 0.3) is 11.1 Å². The Kier molecular flexibility index (Phi) is 4.38. The highest BCUT2D eigenvalue weighted by molar-refractivity contribution is 8.18. The Morgan fingerprint density at radius 2 is 2.04 bits per heavy atom. The van der Waals surface area contributed by atoms with E-state index in [9.17, 15) is 14.4 Å². The van der Waals surface area contributed by atoms with Crippen LogP contribution in [0.25, 0.3) is 23.1 Å². The summed E-state index contributed by atoms with van der Waals surface area (Å²) >= 11 is 0.882. The smallest absolute Gasteiger partial charge is 0.290 e. The molecule has 2 fully saturated rings. The van der Waals surface area contributed by atoms with E-state index in [-0.39, 0.29) is 17.1 Å². The fraction of sp³-hybridized carbons (Fsp3) is 0.211. The molecule has 2 saturated heterocycles. The number of likely N-dealkylation sites (tertiary alicyclic amines) is 1. The van der Waals surface area contributed by atoms with Gasteiger partial charge in [0.1, 0.15) is 5.58 Å². The van der Waals surface area contributed by atoms with Crippen molar-refractivity contribution < 1.29 is 18.8 Å². The second kappa shape index (κ2) is 6.84. The molecule has 3 amide bonds. The minimum atomic E-state index is -0.386. The summed E-state index contributed by atoms with van der Waals surface area (Å²) in [7, 11) is 0. The van der Waals surface area contributed by atoms with Crippen molar-refractivity contribution in [1.82, 2.24) is 10.2 Å². The predicted octanol–water partition coefficient (Wildman–Crippen LogP) is 3.39. The summed E-state index contributed by atoms with van der Waals surface area (Å²) in [6.07, 6.45) is 8.71. The lowest BCUT2D eigenvalue weighted by Crippen LogP contribution is -2.25. The largest absolute Gasteiger partial charge is 0.464 e. The molecule has 1 N–H and O–H groups in total. The van der Waals surface area contributed by atoms with Crippen molar-refractivity contribution in [3.05, 3.63) is 46.6 Å². The normalized spacial score (nSPS) is 19.2. The van der Waals surface area contributed by atoms with Gasteiger partial charge in [-0.1, -0.05) is 6.07 Å². The zero-order valence-corrected chi connectivity index (χ0v) is 14.7. The number of amides is 3. The first-order valence-corrected chi connectivity index (χ1v) is 9.15. The number of fused-ring (bicyclic) bond motifs is 1. The molecule has 3 heterocycles. The molecule has 0 aliphatic carbocycles. The lowest BCUT2D eigenvalue weighted by Gasteiger charge is -2.11. The quantitative estimate of drug-likeness (QED) is 0.840. The van der Waals surface area contributed by atoms with Crippen molar-refractivity contribution in [2.75, 3.05) is 13.1 Å². The van der Waals surface area contributed by atoms with Crippen LogP contribution >= 0.6 is 11.8 Å². The topological polar surface area (TPSA) is 79.6 Å². The Bertz CT molecular complexity index is 967. The summed E-state index contributed by atoms with van der Waals surface area (Å²) in [6, 6.07) is 5.50. The molecular weight excluding hydrogens is 352 g/mol. The van der Waals surface area contributed by atoms with E-state index in [0.717, 1.165) is 54.2 Å². The first kappa shape index (κ1) is 16.7.